The zero-order valence-electron chi connectivity index (χ0n) is 13.9. The van der Waals surface area contributed by atoms with Crippen LogP contribution in [0.1, 0.15) is 21.9 Å². The molecule has 136 valence electrons. The van der Waals surface area contributed by atoms with E-state index >= 15 is 0 Å². The number of benzene rings is 1. The summed E-state index contributed by atoms with van der Waals surface area (Å²) in [6.07, 6.45) is 6.77. The van der Waals surface area contributed by atoms with Crippen LogP contribution >= 0.6 is 11.8 Å². The molecule has 2 heterocycles. The van der Waals surface area contributed by atoms with Gasteiger partial charge in [0, 0.05) is 0 Å². The van der Waals surface area contributed by atoms with Gasteiger partial charge in [0.25, 0.3) is 11.1 Å². The zero-order valence-corrected chi connectivity index (χ0v) is 14.7. The molecule has 7 nitrogen and oxygen atoms in total. The van der Waals surface area contributed by atoms with Gasteiger partial charge in [-0.05, 0) is 47.7 Å². The fourth-order valence-electron chi connectivity index (χ4n) is 2.26. The van der Waals surface area contributed by atoms with Gasteiger partial charge in [0.05, 0.1) is 11.4 Å². The molecule has 0 atom stereocenters. The van der Waals surface area contributed by atoms with Crippen LogP contribution in [0.15, 0.2) is 45.7 Å². The van der Waals surface area contributed by atoms with Gasteiger partial charge in [0.15, 0.2) is 0 Å². The molecule has 0 radical (unpaired) electrons. The molecule has 2 amide bonds. The number of thioether (sulfide) groups is 1. The van der Waals surface area contributed by atoms with Crippen LogP contribution in [0.25, 0.3) is 6.08 Å². The highest BCUT2D eigenvalue weighted by Gasteiger charge is 2.34. The van der Waals surface area contributed by atoms with E-state index in [4.69, 9.17) is 20.7 Å². The van der Waals surface area contributed by atoms with E-state index in [9.17, 15) is 14.4 Å². The second-order valence-corrected chi connectivity index (χ2v) is 6.39. The SMILES string of the molecule is C#CCN1C(=O)S/C(=C/c2ccc(OCc3ccc(C(=O)O)o3)cc2)C1=O. The number of imide groups is 1. The maximum absolute atomic E-state index is 12.1. The van der Waals surface area contributed by atoms with Gasteiger partial charge in [-0.2, -0.15) is 0 Å². The highest BCUT2D eigenvalue weighted by Crippen LogP contribution is 2.32. The van der Waals surface area contributed by atoms with Crippen LogP contribution in [0, 0.1) is 12.3 Å². The minimum Gasteiger partial charge on any atom is -0.486 e. The van der Waals surface area contributed by atoms with Crippen molar-refractivity contribution < 1.29 is 28.6 Å². The van der Waals surface area contributed by atoms with Crippen LogP contribution in [-0.4, -0.2) is 33.7 Å². The zero-order chi connectivity index (χ0) is 19.4. The van der Waals surface area contributed by atoms with Crippen LogP contribution in [-0.2, 0) is 11.4 Å². The largest absolute Gasteiger partial charge is 0.486 e. The number of carboxylic acid groups (broad SMARTS) is 1. The monoisotopic (exact) mass is 383 g/mol. The third kappa shape index (κ3) is 4.22. The van der Waals surface area contributed by atoms with E-state index in [2.05, 4.69) is 5.92 Å². The summed E-state index contributed by atoms with van der Waals surface area (Å²) in [5, 5.41) is 8.43. The van der Waals surface area contributed by atoms with E-state index in [1.807, 2.05) is 0 Å². The quantitative estimate of drug-likeness (QED) is 0.604. The summed E-state index contributed by atoms with van der Waals surface area (Å²) in [5.41, 5.74) is 0.722. The second-order valence-electron chi connectivity index (χ2n) is 5.40. The lowest BCUT2D eigenvalue weighted by Gasteiger charge is -2.06. The molecule has 27 heavy (non-hydrogen) atoms. The fourth-order valence-corrected chi connectivity index (χ4v) is 3.10. The van der Waals surface area contributed by atoms with Crippen LogP contribution in [0.5, 0.6) is 5.75 Å². The van der Waals surface area contributed by atoms with Gasteiger partial charge in [-0.25, -0.2) is 4.79 Å². The Morgan fingerprint density at radius 2 is 2.00 bits per heavy atom. The molecule has 1 fully saturated rings. The minimum atomic E-state index is -1.14. The first-order valence-corrected chi connectivity index (χ1v) is 8.53. The smallest absolute Gasteiger partial charge is 0.371 e. The molecule has 0 aliphatic carbocycles. The molecule has 3 rings (SSSR count). The molecule has 1 aliphatic rings. The van der Waals surface area contributed by atoms with Crippen molar-refractivity contribution in [2.75, 3.05) is 6.54 Å². The molecule has 1 aromatic heterocycles. The number of terminal acetylenes is 1. The number of nitrogens with zero attached hydrogens (tertiary/aromatic N) is 1. The fraction of sp³-hybridized carbons (Fsp3) is 0.105. The van der Waals surface area contributed by atoms with Gasteiger partial charge in [0.1, 0.15) is 18.1 Å². The number of hydrogen-bond acceptors (Lipinski definition) is 6. The number of carboxylic acids is 1. The summed E-state index contributed by atoms with van der Waals surface area (Å²) in [6.45, 7) is 0.0305. The van der Waals surface area contributed by atoms with E-state index in [1.165, 1.54) is 12.1 Å². The molecule has 0 saturated carbocycles. The Morgan fingerprint density at radius 1 is 1.26 bits per heavy atom. The summed E-state index contributed by atoms with van der Waals surface area (Å²) >= 11 is 0.844. The number of ether oxygens (including phenoxy) is 1. The number of rotatable bonds is 6. The standard InChI is InChI=1S/C19H13NO6S/c1-2-9-20-17(21)16(27-19(20)24)10-12-3-5-13(6-4-12)25-11-14-7-8-15(26-14)18(22)23/h1,3-8,10H,9,11H2,(H,22,23)/b16-10+. The summed E-state index contributed by atoms with van der Waals surface area (Å²) in [7, 11) is 0. The molecule has 1 N–H and O–H groups in total. The maximum Gasteiger partial charge on any atom is 0.371 e. The Balaban J connectivity index is 1.63. The van der Waals surface area contributed by atoms with E-state index in [0.29, 0.717) is 16.4 Å². The average molecular weight is 383 g/mol. The number of furan rings is 1. The minimum absolute atomic E-state index is 0.0504. The molecule has 1 saturated heterocycles. The van der Waals surface area contributed by atoms with Crippen molar-refractivity contribution in [3.8, 4) is 18.1 Å². The highest BCUT2D eigenvalue weighted by molar-refractivity contribution is 8.18. The summed E-state index contributed by atoms with van der Waals surface area (Å²) in [4.78, 5) is 36.0. The second kappa shape index (κ2) is 7.85. The number of amides is 2. The molecule has 1 aliphatic heterocycles. The molecule has 2 aromatic rings. The number of hydrogen-bond donors (Lipinski definition) is 1. The van der Waals surface area contributed by atoms with Crippen molar-refractivity contribution >= 4 is 35.0 Å². The van der Waals surface area contributed by atoms with Crippen molar-refractivity contribution in [2.24, 2.45) is 0 Å². The third-order valence-corrected chi connectivity index (χ3v) is 4.46. The first-order valence-electron chi connectivity index (χ1n) is 7.71. The Bertz CT molecular complexity index is 967. The van der Waals surface area contributed by atoms with Crippen LogP contribution in [0.2, 0.25) is 0 Å². The maximum atomic E-state index is 12.1. The Morgan fingerprint density at radius 3 is 2.63 bits per heavy atom. The number of carbonyl (C=O) groups is 3. The van der Waals surface area contributed by atoms with Crippen molar-refractivity contribution in [3.05, 3.63) is 58.4 Å². The highest BCUT2D eigenvalue weighted by atomic mass is 32.2. The molecule has 0 unspecified atom stereocenters. The average Bonchev–Trinajstić information content (AvgIpc) is 3.22. The van der Waals surface area contributed by atoms with Gasteiger partial charge in [-0.15, -0.1) is 6.42 Å². The predicted molar refractivity (Wildman–Crippen MR) is 98.0 cm³/mol. The molecule has 0 spiro atoms. The van der Waals surface area contributed by atoms with E-state index in [0.717, 1.165) is 22.2 Å². The summed E-state index contributed by atoms with van der Waals surface area (Å²) in [5.74, 6) is 1.52. The summed E-state index contributed by atoms with van der Waals surface area (Å²) < 4.78 is 10.6. The van der Waals surface area contributed by atoms with Crippen molar-refractivity contribution in [2.45, 2.75) is 6.61 Å². The van der Waals surface area contributed by atoms with Gasteiger partial charge in [-0.1, -0.05) is 18.1 Å². The third-order valence-electron chi connectivity index (χ3n) is 3.55. The number of carbonyl (C=O) groups excluding carboxylic acids is 2. The van der Waals surface area contributed by atoms with E-state index in [-0.39, 0.29) is 24.2 Å². The Kier molecular flexibility index (Phi) is 5.33. The lowest BCUT2D eigenvalue weighted by atomic mass is 10.2. The first kappa shape index (κ1) is 18.4. The lowest BCUT2D eigenvalue weighted by Crippen LogP contribution is -2.28. The molecule has 8 heteroatoms. The molecule has 1 aromatic carbocycles. The Labute approximate surface area is 158 Å². The van der Waals surface area contributed by atoms with E-state index < -0.39 is 11.9 Å². The molecular weight excluding hydrogens is 370 g/mol. The molecule has 0 bridgehead atoms. The van der Waals surface area contributed by atoms with Crippen LogP contribution in [0.3, 0.4) is 0 Å². The van der Waals surface area contributed by atoms with Gasteiger partial charge < -0.3 is 14.3 Å². The number of aromatic carboxylic acids is 1. The topological polar surface area (TPSA) is 97.1 Å². The van der Waals surface area contributed by atoms with Crippen molar-refractivity contribution in [1.29, 1.82) is 0 Å². The van der Waals surface area contributed by atoms with Gasteiger partial charge in [-0.3, -0.25) is 14.5 Å². The first-order chi connectivity index (χ1) is 13.0. The van der Waals surface area contributed by atoms with Crippen LogP contribution < -0.4 is 4.74 Å². The molecular formula is C19H13NO6S. The van der Waals surface area contributed by atoms with Crippen LogP contribution in [0.4, 0.5) is 4.79 Å². The lowest BCUT2D eigenvalue weighted by molar-refractivity contribution is -0.122. The summed E-state index contributed by atoms with van der Waals surface area (Å²) in [6, 6.07) is 9.74. The predicted octanol–water partition coefficient (Wildman–Crippen LogP) is 3.23. The van der Waals surface area contributed by atoms with Crippen molar-refractivity contribution in [3.63, 3.8) is 0 Å². The normalized spacial score (nSPS) is 15.2. The van der Waals surface area contributed by atoms with Crippen molar-refractivity contribution in [1.82, 2.24) is 4.90 Å². The van der Waals surface area contributed by atoms with E-state index in [1.54, 1.807) is 30.3 Å². The van der Waals surface area contributed by atoms with Gasteiger partial charge >= 0.3 is 5.97 Å². The Hall–Kier alpha value is -3.44. The van der Waals surface area contributed by atoms with Gasteiger partial charge in [0.2, 0.25) is 5.76 Å².